The lowest BCUT2D eigenvalue weighted by molar-refractivity contribution is 0.0947. The van der Waals surface area contributed by atoms with Crippen LogP contribution in [-0.4, -0.2) is 31.9 Å². The molecule has 2 aromatic carbocycles. The number of anilines is 3. The summed E-state index contributed by atoms with van der Waals surface area (Å²) in [7, 11) is 0. The van der Waals surface area contributed by atoms with Crippen LogP contribution in [-0.2, 0) is 0 Å². The standard InChI is InChI=1S/C18H19N5O3/c1-11(2)26-15-8-6-13(7-9-15)20-18-21-17(19)23(22-18)16(25)12-4-3-5-14(24)10-12/h3-11,24H,1-2H3,(H3,19,20,21,22). The van der Waals surface area contributed by atoms with Gasteiger partial charge in [0.15, 0.2) is 0 Å². The van der Waals surface area contributed by atoms with Gasteiger partial charge in [-0.1, -0.05) is 6.07 Å². The summed E-state index contributed by atoms with van der Waals surface area (Å²) < 4.78 is 6.56. The zero-order chi connectivity index (χ0) is 18.7. The number of phenols is 1. The number of nitrogens with two attached hydrogens (primary N) is 1. The highest BCUT2D eigenvalue weighted by molar-refractivity contribution is 5.97. The minimum Gasteiger partial charge on any atom is -0.508 e. The number of ether oxygens (including phenoxy) is 1. The van der Waals surface area contributed by atoms with E-state index in [2.05, 4.69) is 15.4 Å². The quantitative estimate of drug-likeness (QED) is 0.646. The lowest BCUT2D eigenvalue weighted by Gasteiger charge is -2.10. The Kier molecular flexibility index (Phi) is 4.74. The number of carbonyl (C=O) groups excluding carboxylic acids is 1. The molecule has 0 aliphatic rings. The average molecular weight is 353 g/mol. The fourth-order valence-electron chi connectivity index (χ4n) is 2.31. The maximum atomic E-state index is 12.5. The fourth-order valence-corrected chi connectivity index (χ4v) is 2.31. The van der Waals surface area contributed by atoms with Gasteiger partial charge < -0.3 is 20.9 Å². The van der Waals surface area contributed by atoms with Gasteiger partial charge in [0.25, 0.3) is 5.91 Å². The molecule has 1 aromatic heterocycles. The second kappa shape index (κ2) is 7.14. The molecule has 0 amide bonds. The minimum absolute atomic E-state index is 0.0170. The van der Waals surface area contributed by atoms with Crippen LogP contribution in [0.5, 0.6) is 11.5 Å². The summed E-state index contributed by atoms with van der Waals surface area (Å²) in [6, 6.07) is 13.2. The Morgan fingerprint density at radius 2 is 1.96 bits per heavy atom. The molecule has 4 N–H and O–H groups in total. The molecule has 3 aromatic rings. The van der Waals surface area contributed by atoms with E-state index in [0.717, 1.165) is 16.1 Å². The Morgan fingerprint density at radius 1 is 1.23 bits per heavy atom. The van der Waals surface area contributed by atoms with Crippen LogP contribution in [0.25, 0.3) is 0 Å². The number of aromatic hydroxyl groups is 1. The molecule has 26 heavy (non-hydrogen) atoms. The van der Waals surface area contributed by atoms with Crippen LogP contribution in [0.2, 0.25) is 0 Å². The number of nitrogens with zero attached hydrogens (tertiary/aromatic N) is 3. The van der Waals surface area contributed by atoms with Crippen LogP contribution in [0.15, 0.2) is 48.5 Å². The van der Waals surface area contributed by atoms with Crippen molar-refractivity contribution in [3.8, 4) is 11.5 Å². The zero-order valence-corrected chi connectivity index (χ0v) is 14.4. The molecule has 134 valence electrons. The Bertz CT molecular complexity index is 919. The van der Waals surface area contributed by atoms with Crippen LogP contribution in [0.3, 0.4) is 0 Å². The highest BCUT2D eigenvalue weighted by atomic mass is 16.5. The molecule has 0 atom stereocenters. The van der Waals surface area contributed by atoms with Crippen LogP contribution in [0.4, 0.5) is 17.6 Å². The number of aromatic nitrogens is 3. The lowest BCUT2D eigenvalue weighted by Crippen LogP contribution is -2.16. The number of rotatable bonds is 5. The number of hydrogen-bond acceptors (Lipinski definition) is 7. The van der Waals surface area contributed by atoms with Crippen LogP contribution in [0.1, 0.15) is 24.2 Å². The predicted molar refractivity (Wildman–Crippen MR) is 97.8 cm³/mol. The van der Waals surface area contributed by atoms with E-state index < -0.39 is 5.91 Å². The Morgan fingerprint density at radius 3 is 2.62 bits per heavy atom. The normalized spacial score (nSPS) is 10.7. The molecule has 0 aliphatic carbocycles. The van der Waals surface area contributed by atoms with Crippen LogP contribution >= 0.6 is 0 Å². The first-order valence-corrected chi connectivity index (χ1v) is 8.02. The van der Waals surface area contributed by atoms with Crippen molar-refractivity contribution in [2.75, 3.05) is 11.1 Å². The van der Waals surface area contributed by atoms with Gasteiger partial charge in [-0.2, -0.15) is 9.67 Å². The van der Waals surface area contributed by atoms with Crippen molar-refractivity contribution in [2.45, 2.75) is 20.0 Å². The summed E-state index contributed by atoms with van der Waals surface area (Å²) in [5, 5.41) is 16.6. The molecule has 0 radical (unpaired) electrons. The van der Waals surface area contributed by atoms with Crippen molar-refractivity contribution in [1.82, 2.24) is 14.8 Å². The molecule has 0 aliphatic heterocycles. The third kappa shape index (κ3) is 3.92. The van der Waals surface area contributed by atoms with Gasteiger partial charge in [-0.25, -0.2) is 0 Å². The topological polar surface area (TPSA) is 115 Å². The summed E-state index contributed by atoms with van der Waals surface area (Å²) in [5.41, 5.74) is 6.77. The van der Waals surface area contributed by atoms with Crippen molar-refractivity contribution >= 4 is 23.5 Å². The number of benzene rings is 2. The van der Waals surface area contributed by atoms with Gasteiger partial charge in [-0.15, -0.1) is 5.10 Å². The molecule has 3 rings (SSSR count). The maximum absolute atomic E-state index is 12.5. The number of nitrogens with one attached hydrogen (secondary N) is 1. The molecule has 0 saturated carbocycles. The second-order valence-corrected chi connectivity index (χ2v) is 5.88. The van der Waals surface area contributed by atoms with Crippen LogP contribution in [0, 0.1) is 0 Å². The van der Waals surface area contributed by atoms with Crippen molar-refractivity contribution in [3.63, 3.8) is 0 Å². The third-order valence-electron chi connectivity index (χ3n) is 3.40. The average Bonchev–Trinajstić information content (AvgIpc) is 2.96. The van der Waals surface area contributed by atoms with Crippen molar-refractivity contribution in [2.24, 2.45) is 0 Å². The Labute approximate surface area is 150 Å². The second-order valence-electron chi connectivity index (χ2n) is 5.88. The van der Waals surface area contributed by atoms with Crippen molar-refractivity contribution in [1.29, 1.82) is 0 Å². The molecule has 0 unspecified atom stereocenters. The lowest BCUT2D eigenvalue weighted by atomic mass is 10.2. The number of carbonyl (C=O) groups is 1. The Balaban J connectivity index is 1.77. The molecule has 0 saturated heterocycles. The number of phenolic OH excluding ortho intramolecular Hbond substituents is 1. The van der Waals surface area contributed by atoms with Gasteiger partial charge in [0.2, 0.25) is 11.9 Å². The largest absolute Gasteiger partial charge is 0.508 e. The first-order valence-electron chi connectivity index (χ1n) is 8.02. The van der Waals surface area contributed by atoms with E-state index in [-0.39, 0.29) is 29.3 Å². The summed E-state index contributed by atoms with van der Waals surface area (Å²) in [6.07, 6.45) is 0.0920. The van der Waals surface area contributed by atoms with Gasteiger partial charge in [0.1, 0.15) is 11.5 Å². The summed E-state index contributed by atoms with van der Waals surface area (Å²) in [6.45, 7) is 3.91. The monoisotopic (exact) mass is 353 g/mol. The van der Waals surface area contributed by atoms with Crippen LogP contribution < -0.4 is 15.8 Å². The van der Waals surface area contributed by atoms with E-state index >= 15 is 0 Å². The summed E-state index contributed by atoms with van der Waals surface area (Å²) >= 11 is 0. The smallest absolute Gasteiger partial charge is 0.281 e. The van der Waals surface area contributed by atoms with E-state index in [9.17, 15) is 9.90 Å². The summed E-state index contributed by atoms with van der Waals surface area (Å²) in [4.78, 5) is 16.5. The Hall–Kier alpha value is -3.55. The van der Waals surface area contributed by atoms with Crippen molar-refractivity contribution in [3.05, 3.63) is 54.1 Å². The molecule has 0 spiro atoms. The number of nitrogen functional groups attached to an aromatic ring is 1. The van der Waals surface area contributed by atoms with E-state index in [1.807, 2.05) is 38.1 Å². The molecular formula is C18H19N5O3. The molecule has 1 heterocycles. The zero-order valence-electron chi connectivity index (χ0n) is 14.4. The summed E-state index contributed by atoms with van der Waals surface area (Å²) in [5.74, 6) is 0.382. The first-order chi connectivity index (χ1) is 12.4. The van der Waals surface area contributed by atoms with Crippen molar-refractivity contribution < 1.29 is 14.6 Å². The van der Waals surface area contributed by atoms with E-state index in [1.165, 1.54) is 12.1 Å². The minimum atomic E-state index is -0.486. The molecule has 0 fully saturated rings. The van der Waals surface area contributed by atoms with Gasteiger partial charge in [-0.05, 0) is 56.3 Å². The van der Waals surface area contributed by atoms with E-state index in [1.54, 1.807) is 12.1 Å². The molecule has 0 bridgehead atoms. The molecular weight excluding hydrogens is 334 g/mol. The van der Waals surface area contributed by atoms with Gasteiger partial charge >= 0.3 is 0 Å². The van der Waals surface area contributed by atoms with E-state index in [4.69, 9.17) is 10.5 Å². The van der Waals surface area contributed by atoms with Gasteiger partial charge in [0.05, 0.1) is 6.10 Å². The van der Waals surface area contributed by atoms with Gasteiger partial charge in [-0.3, -0.25) is 4.79 Å². The molecule has 8 heteroatoms. The highest BCUT2D eigenvalue weighted by Crippen LogP contribution is 2.20. The maximum Gasteiger partial charge on any atom is 0.281 e. The van der Waals surface area contributed by atoms with E-state index in [0.29, 0.717) is 0 Å². The predicted octanol–water partition coefficient (Wildman–Crippen LogP) is 2.79. The third-order valence-corrected chi connectivity index (χ3v) is 3.40. The number of hydrogen-bond donors (Lipinski definition) is 3. The first kappa shape index (κ1) is 17.3. The van der Waals surface area contributed by atoms with Gasteiger partial charge in [0, 0.05) is 11.3 Å². The SMILES string of the molecule is CC(C)Oc1ccc(Nc2nc(N)n(C(=O)c3cccc(O)c3)n2)cc1. The highest BCUT2D eigenvalue weighted by Gasteiger charge is 2.16. The molecule has 8 nitrogen and oxygen atoms in total. The fraction of sp³-hybridized carbons (Fsp3) is 0.167.